The first-order chi connectivity index (χ1) is 15.6. The predicted molar refractivity (Wildman–Crippen MR) is 126 cm³/mol. The molecule has 1 unspecified atom stereocenters. The van der Waals surface area contributed by atoms with E-state index in [1.807, 2.05) is 29.2 Å². The van der Waals surface area contributed by atoms with E-state index in [0.29, 0.717) is 30.3 Å². The van der Waals surface area contributed by atoms with Gasteiger partial charge in [-0.2, -0.15) is 0 Å². The lowest BCUT2D eigenvalue weighted by molar-refractivity contribution is -0.129. The van der Waals surface area contributed by atoms with E-state index in [9.17, 15) is 22.7 Å². The van der Waals surface area contributed by atoms with Gasteiger partial charge in [0.25, 0.3) is 5.92 Å². The van der Waals surface area contributed by atoms with Crippen LogP contribution in [-0.2, 0) is 4.79 Å². The number of anilines is 3. The van der Waals surface area contributed by atoms with E-state index in [1.165, 1.54) is 15.7 Å². The Kier molecular flexibility index (Phi) is 5.18. The molecule has 1 amide bonds. The minimum atomic E-state index is -3.44. The Balaban J connectivity index is 1.39. The third-order valence-electron chi connectivity index (χ3n) is 6.66. The van der Waals surface area contributed by atoms with Crippen molar-refractivity contribution in [1.82, 2.24) is 9.88 Å². The number of halogens is 2. The molecule has 3 heterocycles. The lowest BCUT2D eigenvalue weighted by Crippen LogP contribution is -2.48. The third kappa shape index (κ3) is 3.87. The highest BCUT2D eigenvalue weighted by Crippen LogP contribution is 2.62. The van der Waals surface area contributed by atoms with Crippen LogP contribution in [0.2, 0.25) is 0 Å². The van der Waals surface area contributed by atoms with E-state index < -0.39 is 22.8 Å². The molecule has 1 aromatic carbocycles. The van der Waals surface area contributed by atoms with Gasteiger partial charge < -0.3 is 9.80 Å². The van der Waals surface area contributed by atoms with E-state index in [-0.39, 0.29) is 18.9 Å². The van der Waals surface area contributed by atoms with Crippen molar-refractivity contribution in [3.05, 3.63) is 36.4 Å². The Morgan fingerprint density at radius 3 is 2.52 bits per heavy atom. The van der Waals surface area contributed by atoms with Crippen LogP contribution in [-0.4, -0.2) is 70.6 Å². The van der Waals surface area contributed by atoms with Crippen molar-refractivity contribution in [1.29, 1.82) is 0 Å². The monoisotopic (exact) mass is 479 g/mol. The molecule has 2 fully saturated rings. The number of pyridine rings is 1. The largest absolute Gasteiger partial charge is 0.368 e. The van der Waals surface area contributed by atoms with Crippen LogP contribution in [0.3, 0.4) is 0 Å². The molecular weight excluding hydrogens is 452 g/mol. The lowest BCUT2D eigenvalue weighted by atomic mass is 10.1. The van der Waals surface area contributed by atoms with Gasteiger partial charge in [0.2, 0.25) is 5.91 Å². The summed E-state index contributed by atoms with van der Waals surface area (Å²) in [4.78, 5) is 20.3. The normalized spacial score (nSPS) is 24.0. The maximum absolute atomic E-state index is 13.5. The number of piperazine rings is 1. The van der Waals surface area contributed by atoms with E-state index in [2.05, 4.69) is 9.88 Å². The summed E-state index contributed by atoms with van der Waals surface area (Å²) in [6.45, 7) is 4.29. The van der Waals surface area contributed by atoms with Crippen LogP contribution >= 0.6 is 11.0 Å². The second-order valence-corrected chi connectivity index (χ2v) is 10.8. The summed E-state index contributed by atoms with van der Waals surface area (Å²) in [6, 6.07) is 11.4. The summed E-state index contributed by atoms with van der Waals surface area (Å²) < 4.78 is 50.9. The number of nitrogens with zero attached hydrogens (tertiary/aromatic N) is 5. The Labute approximate surface area is 193 Å². The minimum Gasteiger partial charge on any atom is -0.368 e. The standard InChI is InChI=1S/C22H27F2N5O3S/c1-15(30)27-8-10-28(11-9-27)18-5-3-4-16(12-18)19-6-7-20-21(25-19)26(2)33(31,32)29(20)14-17-13-22(17,23)24/h3-7,12,17,31-32H,8-11,13-14H2,1-2H3. The van der Waals surface area contributed by atoms with Gasteiger partial charge in [-0.15, -0.1) is 0 Å². The number of alkyl halides is 2. The number of fused-ring (bicyclic) bond motifs is 1. The van der Waals surface area contributed by atoms with Crippen molar-refractivity contribution >= 4 is 34.1 Å². The van der Waals surface area contributed by atoms with E-state index in [0.717, 1.165) is 24.3 Å². The van der Waals surface area contributed by atoms with E-state index in [1.54, 1.807) is 19.1 Å². The van der Waals surface area contributed by atoms with Crippen LogP contribution in [0.1, 0.15) is 13.3 Å². The molecule has 178 valence electrons. The molecule has 33 heavy (non-hydrogen) atoms. The first kappa shape index (κ1) is 22.2. The molecule has 5 rings (SSSR count). The molecule has 1 aromatic heterocycles. The molecular formula is C22H27F2N5O3S. The van der Waals surface area contributed by atoms with Crippen molar-refractivity contribution in [2.24, 2.45) is 5.92 Å². The van der Waals surface area contributed by atoms with Gasteiger partial charge in [0, 0.05) is 70.3 Å². The maximum Gasteiger partial charge on any atom is 0.253 e. The summed E-state index contributed by atoms with van der Waals surface area (Å²) in [5.41, 5.74) is 2.98. The average molecular weight is 480 g/mol. The molecule has 1 aliphatic carbocycles. The maximum atomic E-state index is 13.5. The van der Waals surface area contributed by atoms with Crippen LogP contribution in [0.25, 0.3) is 11.3 Å². The Morgan fingerprint density at radius 1 is 1.18 bits per heavy atom. The van der Waals surface area contributed by atoms with Gasteiger partial charge >= 0.3 is 0 Å². The highest BCUT2D eigenvalue weighted by atomic mass is 32.3. The molecule has 0 spiro atoms. The van der Waals surface area contributed by atoms with Crippen molar-refractivity contribution in [3.8, 4) is 11.3 Å². The van der Waals surface area contributed by atoms with Crippen LogP contribution in [0, 0.1) is 5.92 Å². The first-order valence-electron chi connectivity index (χ1n) is 10.9. The molecule has 0 bridgehead atoms. The molecule has 11 heteroatoms. The number of hydrogen-bond donors (Lipinski definition) is 2. The molecule has 1 atom stereocenters. The fraction of sp³-hybridized carbons (Fsp3) is 0.455. The number of rotatable bonds is 4. The first-order valence-corrected chi connectivity index (χ1v) is 12.3. The second-order valence-electron chi connectivity index (χ2n) is 8.79. The van der Waals surface area contributed by atoms with Gasteiger partial charge in [-0.05, 0) is 35.2 Å². The Bertz CT molecular complexity index is 1090. The molecule has 1 saturated carbocycles. The minimum absolute atomic E-state index is 0.0836. The van der Waals surface area contributed by atoms with Gasteiger partial charge in [0.05, 0.1) is 5.69 Å². The Morgan fingerprint density at radius 2 is 1.88 bits per heavy atom. The van der Waals surface area contributed by atoms with Gasteiger partial charge in [-0.3, -0.25) is 13.9 Å². The molecule has 2 aromatic rings. The zero-order valence-corrected chi connectivity index (χ0v) is 19.3. The molecule has 2 N–H and O–H groups in total. The van der Waals surface area contributed by atoms with Crippen LogP contribution < -0.4 is 13.5 Å². The van der Waals surface area contributed by atoms with Gasteiger partial charge in [-0.1, -0.05) is 12.1 Å². The van der Waals surface area contributed by atoms with Crippen LogP contribution in [0.4, 0.5) is 26.0 Å². The molecule has 1 saturated heterocycles. The van der Waals surface area contributed by atoms with Crippen LogP contribution in [0.5, 0.6) is 0 Å². The molecule has 2 aliphatic heterocycles. The topological polar surface area (TPSA) is 83.4 Å². The molecule has 0 radical (unpaired) electrons. The molecule has 8 nitrogen and oxygen atoms in total. The van der Waals surface area contributed by atoms with Crippen molar-refractivity contribution in [3.63, 3.8) is 0 Å². The quantitative estimate of drug-likeness (QED) is 0.688. The zero-order chi connectivity index (χ0) is 23.5. The number of hydrogen-bond acceptors (Lipinski definition) is 7. The molecule has 3 aliphatic rings. The summed E-state index contributed by atoms with van der Waals surface area (Å²) in [7, 11) is -1.92. The second kappa shape index (κ2) is 7.71. The van der Waals surface area contributed by atoms with Crippen molar-refractivity contribution < 1.29 is 22.7 Å². The average Bonchev–Trinajstić information content (AvgIpc) is 3.36. The summed E-state index contributed by atoms with van der Waals surface area (Å²) in [5.74, 6) is -3.19. The summed E-state index contributed by atoms with van der Waals surface area (Å²) >= 11 is 0. The highest BCUT2D eigenvalue weighted by Gasteiger charge is 2.59. The number of amides is 1. The fourth-order valence-electron chi connectivity index (χ4n) is 4.43. The summed E-state index contributed by atoms with van der Waals surface area (Å²) in [5, 5.41) is 0. The van der Waals surface area contributed by atoms with Gasteiger partial charge in [0.15, 0.2) is 5.82 Å². The summed E-state index contributed by atoms with van der Waals surface area (Å²) in [6.07, 6.45) is -0.239. The number of benzene rings is 1. The van der Waals surface area contributed by atoms with E-state index >= 15 is 0 Å². The van der Waals surface area contributed by atoms with Crippen molar-refractivity contribution in [2.45, 2.75) is 19.3 Å². The SMILES string of the molecule is CC(=O)N1CCN(c2cccc(-c3ccc4c(n3)N(C)S(O)(O)N4CC3CC3(F)F)c2)CC1. The lowest BCUT2D eigenvalue weighted by Gasteiger charge is -2.41. The fourth-order valence-corrected chi connectivity index (χ4v) is 5.88. The smallest absolute Gasteiger partial charge is 0.253 e. The van der Waals surface area contributed by atoms with E-state index in [4.69, 9.17) is 0 Å². The Hall–Kier alpha value is -2.63. The number of carbonyl (C=O) groups is 1. The third-order valence-corrected chi connectivity index (χ3v) is 8.50. The van der Waals surface area contributed by atoms with Crippen molar-refractivity contribution in [2.75, 3.05) is 53.3 Å². The number of carbonyl (C=O) groups excluding carboxylic acids is 1. The number of aromatic nitrogens is 1. The van der Waals surface area contributed by atoms with Gasteiger partial charge in [0.1, 0.15) is 5.69 Å². The van der Waals surface area contributed by atoms with Crippen LogP contribution in [0.15, 0.2) is 36.4 Å². The highest BCUT2D eigenvalue weighted by molar-refractivity contribution is 8.26. The zero-order valence-electron chi connectivity index (χ0n) is 18.5. The predicted octanol–water partition coefficient (Wildman–Crippen LogP) is 3.91. The van der Waals surface area contributed by atoms with Gasteiger partial charge in [-0.25, -0.2) is 22.4 Å².